The molecule has 0 amide bonds. The molecule has 2 aromatic rings. The van der Waals surface area contributed by atoms with Gasteiger partial charge in [-0.2, -0.15) is 0 Å². The molecule has 0 unspecified atom stereocenters. The first-order valence-corrected chi connectivity index (χ1v) is 4.93. The highest BCUT2D eigenvalue weighted by Crippen LogP contribution is 2.02. The molecule has 0 aliphatic carbocycles. The number of hydrogen-bond donors (Lipinski definition) is 1. The summed E-state index contributed by atoms with van der Waals surface area (Å²) in [6, 6.07) is 13.1. The van der Waals surface area contributed by atoms with Crippen molar-refractivity contribution in [1.82, 2.24) is 0 Å². The molecule has 2 N–H and O–H groups in total. The van der Waals surface area contributed by atoms with Crippen molar-refractivity contribution < 1.29 is 8.22 Å². The van der Waals surface area contributed by atoms with Crippen LogP contribution in [0, 0.1) is 20.6 Å². The van der Waals surface area contributed by atoms with E-state index in [1.165, 1.54) is 12.1 Å². The van der Waals surface area contributed by atoms with Crippen molar-refractivity contribution >= 4 is 5.69 Å². The van der Waals surface area contributed by atoms with Gasteiger partial charge >= 0.3 is 0 Å². The number of hydrogen-bond acceptors (Lipinski definition) is 1. The Kier molecular flexibility index (Phi) is 2.27. The highest BCUT2D eigenvalue weighted by Gasteiger charge is 1.80. The lowest BCUT2D eigenvalue weighted by molar-refractivity contribution is 1.40. The predicted molar refractivity (Wildman–Crippen MR) is 71.5 cm³/mol. The van der Waals surface area contributed by atoms with Crippen molar-refractivity contribution in [2.75, 3.05) is 5.73 Å². The standard InChI is InChI=1S/C8H10.C7H9N/c1-7-3-5-8(2)6-4-7;1-6-2-4-7(8)5-3-6/h3-6H,1-2H3;2-5H,8H2,1H3/i2*1D3. The van der Waals surface area contributed by atoms with Gasteiger partial charge in [-0.05, 0) is 32.8 Å². The van der Waals surface area contributed by atoms with Gasteiger partial charge in [0.2, 0.25) is 0 Å². The predicted octanol–water partition coefficient (Wildman–Crippen LogP) is 3.88. The van der Waals surface area contributed by atoms with Gasteiger partial charge in [0.15, 0.2) is 0 Å². The molecule has 2 aromatic carbocycles. The van der Waals surface area contributed by atoms with E-state index in [4.69, 9.17) is 14.0 Å². The van der Waals surface area contributed by atoms with Gasteiger partial charge in [0.1, 0.15) is 0 Å². The first-order valence-electron chi connectivity index (χ1n) is 7.93. The fraction of sp³-hybridized carbons (Fsp3) is 0.200. The average Bonchev–Trinajstić information content (AvgIpc) is 2.38. The normalized spacial score (nSPS) is 16.3. The third-order valence-corrected chi connectivity index (χ3v) is 1.96. The molecular formula is C15H19N. The quantitative estimate of drug-likeness (QED) is 0.669. The molecule has 0 saturated carbocycles. The van der Waals surface area contributed by atoms with Crippen LogP contribution in [0.3, 0.4) is 0 Å². The Balaban J connectivity index is 0.000000220. The van der Waals surface area contributed by atoms with Gasteiger partial charge in [-0.1, -0.05) is 53.1 Å². The van der Waals surface area contributed by atoms with Crippen molar-refractivity contribution in [3.05, 3.63) is 65.2 Å². The zero-order chi connectivity index (χ0) is 17.0. The lowest BCUT2D eigenvalue weighted by Gasteiger charge is -1.90. The topological polar surface area (TPSA) is 26.0 Å². The summed E-state index contributed by atoms with van der Waals surface area (Å²) >= 11 is 0. The van der Waals surface area contributed by atoms with Gasteiger partial charge in [-0.25, -0.2) is 0 Å². The number of benzene rings is 2. The minimum absolute atomic E-state index is 0.326. The van der Waals surface area contributed by atoms with Crippen LogP contribution >= 0.6 is 0 Å². The van der Waals surface area contributed by atoms with Gasteiger partial charge in [0, 0.05) is 13.9 Å². The molecule has 1 nitrogen and oxygen atoms in total. The molecule has 0 aliphatic heterocycles. The molecule has 0 heterocycles. The minimum Gasteiger partial charge on any atom is -0.399 e. The Morgan fingerprint density at radius 1 is 0.750 bits per heavy atom. The summed E-state index contributed by atoms with van der Waals surface area (Å²) in [5.41, 5.74) is 7.78. The van der Waals surface area contributed by atoms with Crippen LogP contribution in [0.5, 0.6) is 0 Å². The van der Waals surface area contributed by atoms with Crippen molar-refractivity contribution in [3.63, 3.8) is 0 Å². The third kappa shape index (κ3) is 4.65. The largest absolute Gasteiger partial charge is 0.399 e. The Hall–Kier alpha value is -1.76. The second-order valence-electron chi connectivity index (χ2n) is 3.49. The maximum absolute atomic E-state index is 7.08. The van der Waals surface area contributed by atoms with E-state index in [9.17, 15) is 0 Å². The SMILES string of the molecule is [2H]C([2H])([2H])c1ccc(C)cc1.[2H]C([2H])([2H])c1ccc(N)cc1. The molecule has 0 aromatic heterocycles. The molecule has 2 rings (SSSR count). The Bertz CT molecular complexity index is 526. The molecule has 0 radical (unpaired) electrons. The van der Waals surface area contributed by atoms with Gasteiger partial charge in [-0.15, -0.1) is 0 Å². The zero-order valence-electron chi connectivity index (χ0n) is 15.2. The first-order chi connectivity index (χ1) is 10.00. The average molecular weight is 219 g/mol. The van der Waals surface area contributed by atoms with E-state index < -0.39 is 13.7 Å². The maximum atomic E-state index is 7.08. The van der Waals surface area contributed by atoms with Crippen LogP contribution in [0.1, 0.15) is 24.9 Å². The molecule has 0 saturated heterocycles. The highest BCUT2D eigenvalue weighted by atomic mass is 14.5. The second-order valence-corrected chi connectivity index (χ2v) is 3.49. The molecule has 0 atom stereocenters. The lowest BCUT2D eigenvalue weighted by atomic mass is 10.2. The van der Waals surface area contributed by atoms with E-state index in [0.717, 1.165) is 5.56 Å². The summed E-state index contributed by atoms with van der Waals surface area (Å²) in [7, 11) is 0. The Morgan fingerprint density at radius 2 is 1.12 bits per heavy atom. The van der Waals surface area contributed by atoms with Gasteiger partial charge in [-0.3, -0.25) is 0 Å². The van der Waals surface area contributed by atoms with Crippen molar-refractivity contribution in [1.29, 1.82) is 0 Å². The molecule has 0 spiro atoms. The minimum atomic E-state index is -2.02. The smallest absolute Gasteiger partial charge is 0.0314 e. The molecule has 16 heavy (non-hydrogen) atoms. The van der Waals surface area contributed by atoms with Gasteiger partial charge < -0.3 is 5.73 Å². The van der Waals surface area contributed by atoms with E-state index in [1.54, 1.807) is 24.3 Å². The van der Waals surface area contributed by atoms with E-state index in [2.05, 4.69) is 0 Å². The molecule has 0 aliphatic rings. The fourth-order valence-corrected chi connectivity index (χ4v) is 1.04. The van der Waals surface area contributed by atoms with Crippen LogP contribution in [0.15, 0.2) is 48.5 Å². The fourth-order valence-electron chi connectivity index (χ4n) is 1.04. The summed E-state index contributed by atoms with van der Waals surface area (Å²) in [5, 5.41) is 0. The van der Waals surface area contributed by atoms with Crippen LogP contribution in [0.4, 0.5) is 5.69 Å². The number of aryl methyl sites for hydroxylation is 3. The molecule has 0 bridgehead atoms. The van der Waals surface area contributed by atoms with Gasteiger partial charge in [0.25, 0.3) is 0 Å². The van der Waals surface area contributed by atoms with Crippen LogP contribution in [-0.2, 0) is 0 Å². The van der Waals surface area contributed by atoms with Crippen molar-refractivity contribution in [2.45, 2.75) is 20.6 Å². The Labute approximate surface area is 106 Å². The zero-order valence-corrected chi connectivity index (χ0v) is 9.20. The number of rotatable bonds is 0. The van der Waals surface area contributed by atoms with E-state index in [1.807, 2.05) is 19.1 Å². The van der Waals surface area contributed by atoms with E-state index in [-0.39, 0.29) is 0 Å². The Morgan fingerprint density at radius 3 is 1.56 bits per heavy atom. The van der Waals surface area contributed by atoms with Crippen LogP contribution in [0.2, 0.25) is 0 Å². The molecule has 84 valence electrons. The summed E-state index contributed by atoms with van der Waals surface area (Å²) < 4.78 is 42.3. The number of nitrogens with two attached hydrogens (primary N) is 1. The number of nitrogen functional groups attached to an aromatic ring is 1. The summed E-state index contributed by atoms with van der Waals surface area (Å²) in [6.45, 7) is -2.05. The summed E-state index contributed by atoms with van der Waals surface area (Å²) in [6.07, 6.45) is 0. The van der Waals surface area contributed by atoms with E-state index in [0.29, 0.717) is 16.8 Å². The van der Waals surface area contributed by atoms with E-state index >= 15 is 0 Å². The third-order valence-electron chi connectivity index (χ3n) is 1.96. The summed E-state index contributed by atoms with van der Waals surface area (Å²) in [4.78, 5) is 0. The van der Waals surface area contributed by atoms with Crippen LogP contribution in [-0.4, -0.2) is 0 Å². The molecule has 1 heteroatoms. The van der Waals surface area contributed by atoms with Crippen molar-refractivity contribution in [3.8, 4) is 0 Å². The highest BCUT2D eigenvalue weighted by molar-refractivity contribution is 5.38. The van der Waals surface area contributed by atoms with Crippen molar-refractivity contribution in [2.24, 2.45) is 0 Å². The number of anilines is 1. The molecular weight excluding hydrogens is 194 g/mol. The maximum Gasteiger partial charge on any atom is 0.0314 e. The first kappa shape index (κ1) is 6.09. The lowest BCUT2D eigenvalue weighted by Crippen LogP contribution is -1.81. The van der Waals surface area contributed by atoms with Crippen LogP contribution in [0.25, 0.3) is 0 Å². The van der Waals surface area contributed by atoms with Gasteiger partial charge in [0.05, 0.1) is 0 Å². The second kappa shape index (κ2) is 5.96. The summed E-state index contributed by atoms with van der Waals surface area (Å²) in [5.74, 6) is 0. The monoisotopic (exact) mass is 219 g/mol. The van der Waals surface area contributed by atoms with Crippen LogP contribution < -0.4 is 5.73 Å². The molecule has 0 fully saturated rings.